The minimum atomic E-state index is -0.630. The second-order valence-electron chi connectivity index (χ2n) is 4.20. The van der Waals surface area contributed by atoms with Gasteiger partial charge in [-0.2, -0.15) is 0 Å². The lowest BCUT2D eigenvalue weighted by atomic mass is 9.86. The Hall–Kier alpha value is -0.570. The lowest BCUT2D eigenvalue weighted by Crippen LogP contribution is -2.25. The normalized spacial score (nSPS) is 29.8. The minimum Gasteiger partial charge on any atom is -0.481 e. The Balaban J connectivity index is 2.65. The van der Waals surface area contributed by atoms with Gasteiger partial charge in [-0.05, 0) is 18.4 Å². The number of rotatable bonds is 3. The van der Waals surface area contributed by atoms with Crippen molar-refractivity contribution in [2.75, 3.05) is 19.6 Å². The highest BCUT2D eigenvalue weighted by molar-refractivity contribution is 5.71. The highest BCUT2D eigenvalue weighted by Crippen LogP contribution is 2.29. The molecule has 1 saturated heterocycles. The molecule has 13 heavy (non-hydrogen) atoms. The predicted molar refractivity (Wildman–Crippen MR) is 51.6 cm³/mol. The number of likely N-dealkylation sites (tertiary alicyclic amines) is 1. The molecule has 0 amide bonds. The molecule has 1 N–H and O–H groups in total. The van der Waals surface area contributed by atoms with Gasteiger partial charge in [-0.3, -0.25) is 4.79 Å². The summed E-state index contributed by atoms with van der Waals surface area (Å²) in [5.74, 6) is 0.0182. The van der Waals surface area contributed by atoms with Crippen molar-refractivity contribution in [3.63, 3.8) is 0 Å². The van der Waals surface area contributed by atoms with Gasteiger partial charge >= 0.3 is 5.97 Å². The Bertz CT molecular complexity index is 191. The third-order valence-electron chi connectivity index (χ3n) is 3.06. The van der Waals surface area contributed by atoms with Gasteiger partial charge in [0, 0.05) is 13.1 Å². The third kappa shape index (κ3) is 2.21. The smallest absolute Gasteiger partial charge is 0.308 e. The van der Waals surface area contributed by atoms with Crippen LogP contribution in [-0.2, 0) is 4.79 Å². The molecule has 0 radical (unpaired) electrons. The van der Waals surface area contributed by atoms with E-state index < -0.39 is 5.97 Å². The summed E-state index contributed by atoms with van der Waals surface area (Å²) >= 11 is 0. The minimum absolute atomic E-state index is 0.153. The summed E-state index contributed by atoms with van der Waals surface area (Å²) in [5, 5.41) is 9.02. The molecule has 3 heteroatoms. The van der Waals surface area contributed by atoms with Gasteiger partial charge in [0.15, 0.2) is 0 Å². The first-order valence-corrected chi connectivity index (χ1v) is 5.01. The van der Waals surface area contributed by atoms with Crippen molar-refractivity contribution >= 4 is 5.97 Å². The van der Waals surface area contributed by atoms with Crippen LogP contribution >= 0.6 is 0 Å². The molecular formula is C10H19NO2. The molecule has 0 aromatic rings. The SMILES string of the molecule is CCN1C[C@H](C(=O)O)[C@@H](C(C)C)C1. The van der Waals surface area contributed by atoms with Gasteiger partial charge in [0.1, 0.15) is 0 Å². The number of carboxylic acids is 1. The zero-order chi connectivity index (χ0) is 10.0. The van der Waals surface area contributed by atoms with Gasteiger partial charge in [0.25, 0.3) is 0 Å². The Morgan fingerprint density at radius 1 is 1.54 bits per heavy atom. The topological polar surface area (TPSA) is 40.5 Å². The maximum absolute atomic E-state index is 11.0. The van der Waals surface area contributed by atoms with Crippen LogP contribution in [0.5, 0.6) is 0 Å². The average molecular weight is 185 g/mol. The Labute approximate surface area is 79.7 Å². The number of hydrogen-bond donors (Lipinski definition) is 1. The molecule has 0 spiro atoms. The lowest BCUT2D eigenvalue weighted by Gasteiger charge is -2.18. The van der Waals surface area contributed by atoms with E-state index in [2.05, 4.69) is 25.7 Å². The van der Waals surface area contributed by atoms with E-state index in [4.69, 9.17) is 5.11 Å². The number of aliphatic carboxylic acids is 1. The molecule has 1 aliphatic heterocycles. The van der Waals surface area contributed by atoms with E-state index in [1.165, 1.54) is 0 Å². The van der Waals surface area contributed by atoms with Crippen molar-refractivity contribution in [1.82, 2.24) is 4.90 Å². The van der Waals surface area contributed by atoms with Crippen LogP contribution in [0.1, 0.15) is 20.8 Å². The summed E-state index contributed by atoms with van der Waals surface area (Å²) in [7, 11) is 0. The van der Waals surface area contributed by atoms with Crippen molar-refractivity contribution in [3.8, 4) is 0 Å². The molecule has 0 saturated carbocycles. The zero-order valence-electron chi connectivity index (χ0n) is 8.66. The van der Waals surface area contributed by atoms with Crippen LogP contribution in [0.3, 0.4) is 0 Å². The summed E-state index contributed by atoms with van der Waals surface area (Å²) in [4.78, 5) is 13.2. The van der Waals surface area contributed by atoms with E-state index in [0.29, 0.717) is 11.8 Å². The van der Waals surface area contributed by atoms with Crippen molar-refractivity contribution in [2.45, 2.75) is 20.8 Å². The molecule has 76 valence electrons. The van der Waals surface area contributed by atoms with E-state index >= 15 is 0 Å². The molecule has 0 aromatic carbocycles. The predicted octanol–water partition coefficient (Wildman–Crippen LogP) is 1.29. The van der Waals surface area contributed by atoms with Gasteiger partial charge in [-0.15, -0.1) is 0 Å². The molecule has 0 bridgehead atoms. The van der Waals surface area contributed by atoms with Crippen LogP contribution < -0.4 is 0 Å². The molecule has 1 heterocycles. The number of carbonyl (C=O) groups is 1. The van der Waals surface area contributed by atoms with E-state index in [-0.39, 0.29) is 5.92 Å². The number of hydrogen-bond acceptors (Lipinski definition) is 2. The molecule has 1 aliphatic rings. The van der Waals surface area contributed by atoms with E-state index in [1.54, 1.807) is 0 Å². The monoisotopic (exact) mass is 185 g/mol. The average Bonchev–Trinajstić information content (AvgIpc) is 2.47. The van der Waals surface area contributed by atoms with Crippen LogP contribution in [0.15, 0.2) is 0 Å². The van der Waals surface area contributed by atoms with Crippen LogP contribution in [0.4, 0.5) is 0 Å². The molecule has 0 aliphatic carbocycles. The molecule has 0 unspecified atom stereocenters. The summed E-state index contributed by atoms with van der Waals surface area (Å²) in [6.07, 6.45) is 0. The van der Waals surface area contributed by atoms with E-state index in [0.717, 1.165) is 19.6 Å². The Kier molecular flexibility index (Phi) is 3.31. The van der Waals surface area contributed by atoms with Crippen LogP contribution in [0, 0.1) is 17.8 Å². The van der Waals surface area contributed by atoms with Crippen molar-refractivity contribution < 1.29 is 9.90 Å². The molecule has 2 atom stereocenters. The van der Waals surface area contributed by atoms with Gasteiger partial charge in [-0.25, -0.2) is 0 Å². The van der Waals surface area contributed by atoms with E-state index in [1.807, 2.05) is 0 Å². The number of nitrogens with zero attached hydrogens (tertiary/aromatic N) is 1. The van der Waals surface area contributed by atoms with Crippen molar-refractivity contribution in [1.29, 1.82) is 0 Å². The van der Waals surface area contributed by atoms with Gasteiger partial charge < -0.3 is 10.0 Å². The van der Waals surface area contributed by atoms with Crippen LogP contribution in [0.2, 0.25) is 0 Å². The first kappa shape index (κ1) is 10.5. The van der Waals surface area contributed by atoms with E-state index in [9.17, 15) is 4.79 Å². The maximum Gasteiger partial charge on any atom is 0.308 e. The van der Waals surface area contributed by atoms with Crippen LogP contribution in [0.25, 0.3) is 0 Å². The van der Waals surface area contributed by atoms with Gasteiger partial charge in [0.2, 0.25) is 0 Å². The quantitative estimate of drug-likeness (QED) is 0.720. The second kappa shape index (κ2) is 4.09. The second-order valence-corrected chi connectivity index (χ2v) is 4.20. The highest BCUT2D eigenvalue weighted by atomic mass is 16.4. The fraction of sp³-hybridized carbons (Fsp3) is 0.900. The van der Waals surface area contributed by atoms with Crippen molar-refractivity contribution in [3.05, 3.63) is 0 Å². The zero-order valence-corrected chi connectivity index (χ0v) is 8.66. The molecular weight excluding hydrogens is 166 g/mol. The largest absolute Gasteiger partial charge is 0.481 e. The summed E-state index contributed by atoms with van der Waals surface area (Å²) in [5.41, 5.74) is 0. The third-order valence-corrected chi connectivity index (χ3v) is 3.06. The molecule has 3 nitrogen and oxygen atoms in total. The Morgan fingerprint density at radius 2 is 2.15 bits per heavy atom. The standard InChI is InChI=1S/C10H19NO2/c1-4-11-5-8(7(2)3)9(6-11)10(12)13/h7-9H,4-6H2,1-3H3,(H,12,13)/t8-,9+/m1/s1. The fourth-order valence-corrected chi connectivity index (χ4v) is 2.11. The molecule has 1 rings (SSSR count). The van der Waals surface area contributed by atoms with Crippen molar-refractivity contribution in [2.24, 2.45) is 17.8 Å². The summed E-state index contributed by atoms with van der Waals surface area (Å²) < 4.78 is 0. The number of carboxylic acid groups (broad SMARTS) is 1. The highest BCUT2D eigenvalue weighted by Gasteiger charge is 2.38. The molecule has 1 fully saturated rings. The fourth-order valence-electron chi connectivity index (χ4n) is 2.11. The first-order chi connectivity index (χ1) is 6.06. The first-order valence-electron chi connectivity index (χ1n) is 5.01. The summed E-state index contributed by atoms with van der Waals surface area (Å²) in [6.45, 7) is 8.95. The maximum atomic E-state index is 11.0. The molecule has 0 aromatic heterocycles. The van der Waals surface area contributed by atoms with Gasteiger partial charge in [-0.1, -0.05) is 20.8 Å². The van der Waals surface area contributed by atoms with Crippen LogP contribution in [-0.4, -0.2) is 35.6 Å². The summed E-state index contributed by atoms with van der Waals surface area (Å²) in [6, 6.07) is 0. The Morgan fingerprint density at radius 3 is 2.46 bits per heavy atom. The van der Waals surface area contributed by atoms with Gasteiger partial charge in [0.05, 0.1) is 5.92 Å². The lowest BCUT2D eigenvalue weighted by molar-refractivity contribution is -0.143.